The molecule has 6 rings (SSSR count). The summed E-state index contributed by atoms with van der Waals surface area (Å²) in [4.78, 5) is 24.0. The van der Waals surface area contributed by atoms with Crippen LogP contribution < -0.4 is 5.73 Å². The fourth-order valence-electron chi connectivity index (χ4n) is 5.04. The lowest BCUT2D eigenvalue weighted by molar-refractivity contribution is -0.124. The molecule has 0 fully saturated rings. The molecule has 8 heteroatoms. The summed E-state index contributed by atoms with van der Waals surface area (Å²) in [6.45, 7) is 4.97. The highest BCUT2D eigenvalue weighted by Crippen LogP contribution is 2.42. The van der Waals surface area contributed by atoms with Crippen molar-refractivity contribution in [2.24, 2.45) is 0 Å². The first-order valence-corrected chi connectivity index (χ1v) is 11.5. The lowest BCUT2D eigenvalue weighted by atomic mass is 10.0. The van der Waals surface area contributed by atoms with Crippen molar-refractivity contribution in [2.75, 3.05) is 24.6 Å². The molecule has 1 amide bonds. The molecule has 2 aromatic heterocycles. The van der Waals surface area contributed by atoms with E-state index in [2.05, 4.69) is 34.7 Å². The lowest BCUT2D eigenvalue weighted by Crippen LogP contribution is -2.29. The quantitative estimate of drug-likeness (QED) is 0.506. The van der Waals surface area contributed by atoms with Crippen molar-refractivity contribution in [1.29, 1.82) is 0 Å². The number of aromatic nitrogens is 4. The maximum Gasteiger partial charge on any atom is 0.246 e. The van der Waals surface area contributed by atoms with Gasteiger partial charge in [-0.25, -0.2) is 14.6 Å². The molecule has 0 spiro atoms. The molecule has 2 N–H and O–H groups in total. The second-order valence-corrected chi connectivity index (χ2v) is 9.48. The van der Waals surface area contributed by atoms with Crippen LogP contribution in [0.3, 0.4) is 0 Å². The molecule has 0 atom stereocenters. The summed E-state index contributed by atoms with van der Waals surface area (Å²) in [6.07, 6.45) is 5.73. The van der Waals surface area contributed by atoms with Gasteiger partial charge in [-0.05, 0) is 54.2 Å². The Bertz CT molecular complexity index is 1270. The summed E-state index contributed by atoms with van der Waals surface area (Å²) < 4.78 is 2.03. The molecule has 1 aliphatic carbocycles. The van der Waals surface area contributed by atoms with Crippen molar-refractivity contribution in [3.63, 3.8) is 0 Å². The fourth-order valence-corrected chi connectivity index (χ4v) is 6.10. The third kappa shape index (κ3) is 2.89. The van der Waals surface area contributed by atoms with Gasteiger partial charge in [0.1, 0.15) is 17.8 Å². The summed E-state index contributed by atoms with van der Waals surface area (Å²) in [6, 6.07) is 6.73. The molecule has 0 saturated carbocycles. The molecule has 3 aromatic rings. The molecular weight excluding hydrogens is 408 g/mol. The van der Waals surface area contributed by atoms with Crippen LogP contribution >= 0.6 is 11.8 Å². The molecule has 156 valence electrons. The Kier molecular flexibility index (Phi) is 4.17. The number of hydrogen-bond acceptors (Lipinski definition) is 6. The van der Waals surface area contributed by atoms with Crippen LogP contribution in [0.2, 0.25) is 0 Å². The number of hydrogen-bond donors (Lipinski definition) is 1. The Morgan fingerprint density at radius 1 is 1.23 bits per heavy atom. The number of benzene rings is 1. The van der Waals surface area contributed by atoms with Crippen LogP contribution in [0, 0.1) is 0 Å². The van der Waals surface area contributed by atoms with Crippen molar-refractivity contribution in [3.05, 3.63) is 53.9 Å². The molecule has 0 saturated heterocycles. The maximum atomic E-state index is 12.0. The van der Waals surface area contributed by atoms with Gasteiger partial charge in [0, 0.05) is 29.3 Å². The van der Waals surface area contributed by atoms with Crippen molar-refractivity contribution in [3.8, 4) is 11.3 Å². The first-order chi connectivity index (χ1) is 15.1. The van der Waals surface area contributed by atoms with Crippen LogP contribution in [-0.4, -0.2) is 49.4 Å². The van der Waals surface area contributed by atoms with Crippen LogP contribution in [0.25, 0.3) is 22.3 Å². The first kappa shape index (κ1) is 18.6. The number of aryl methyl sites for hydroxylation is 1. The van der Waals surface area contributed by atoms with Gasteiger partial charge in [0.25, 0.3) is 0 Å². The van der Waals surface area contributed by atoms with Crippen molar-refractivity contribution < 1.29 is 4.79 Å². The molecule has 31 heavy (non-hydrogen) atoms. The normalized spacial score (nSPS) is 18.1. The number of anilines is 1. The van der Waals surface area contributed by atoms with Gasteiger partial charge >= 0.3 is 0 Å². The summed E-state index contributed by atoms with van der Waals surface area (Å²) in [5.41, 5.74) is 13.0. The van der Waals surface area contributed by atoms with Gasteiger partial charge in [0.05, 0.1) is 11.4 Å². The third-order valence-electron chi connectivity index (χ3n) is 6.54. The number of carbonyl (C=O) groups excluding carboxylic acids is 1. The highest BCUT2D eigenvalue weighted by Gasteiger charge is 2.35. The second kappa shape index (κ2) is 6.95. The Balaban J connectivity index is 1.38. The highest BCUT2D eigenvalue weighted by atomic mass is 32.2. The molecule has 0 radical (unpaired) electrons. The molecule has 2 aliphatic heterocycles. The van der Waals surface area contributed by atoms with E-state index in [0.29, 0.717) is 18.9 Å². The van der Waals surface area contributed by atoms with Gasteiger partial charge in [0.2, 0.25) is 5.91 Å². The van der Waals surface area contributed by atoms with Crippen molar-refractivity contribution in [1.82, 2.24) is 24.6 Å². The van der Waals surface area contributed by atoms with Crippen molar-refractivity contribution >= 4 is 34.5 Å². The number of nitrogens with zero attached hydrogens (tertiary/aromatic N) is 5. The minimum absolute atomic E-state index is 0.00642. The summed E-state index contributed by atoms with van der Waals surface area (Å²) in [5.74, 6) is 1.58. The standard InChI is InChI=1S/C23H22N6OS/c1-2-19(30)28-10-15-8-17(9-16(15)11-28)29-23-20(22(24)25-12-26-23)21(27-29)14-3-4-18-13(7-14)5-6-31-18/h2-4,7,12,17H,1,5-6,8-11H2,(H2,24,25,26). The van der Waals surface area contributed by atoms with E-state index in [9.17, 15) is 4.79 Å². The number of carbonyl (C=O) groups is 1. The fraction of sp³-hybridized carbons (Fsp3) is 0.304. The van der Waals surface area contributed by atoms with E-state index < -0.39 is 0 Å². The largest absolute Gasteiger partial charge is 0.383 e. The zero-order chi connectivity index (χ0) is 21.1. The molecule has 1 aromatic carbocycles. The van der Waals surface area contributed by atoms with Gasteiger partial charge in [-0.2, -0.15) is 5.10 Å². The third-order valence-corrected chi connectivity index (χ3v) is 7.66. The zero-order valence-electron chi connectivity index (χ0n) is 17.0. The number of amides is 1. The minimum atomic E-state index is -0.00642. The molecule has 4 heterocycles. The van der Waals surface area contributed by atoms with Gasteiger partial charge in [-0.15, -0.1) is 11.8 Å². The molecule has 0 bridgehead atoms. The molecule has 0 unspecified atom stereocenters. The van der Waals surface area contributed by atoms with E-state index in [0.717, 1.165) is 47.3 Å². The number of likely N-dealkylation sites (tertiary alicyclic amines) is 1. The molecular formula is C23H22N6OS. The lowest BCUT2D eigenvalue weighted by Gasteiger charge is -2.19. The molecule has 3 aliphatic rings. The van der Waals surface area contributed by atoms with Crippen LogP contribution in [0.4, 0.5) is 5.82 Å². The predicted molar refractivity (Wildman–Crippen MR) is 122 cm³/mol. The topological polar surface area (TPSA) is 89.9 Å². The molecule has 7 nitrogen and oxygen atoms in total. The Morgan fingerprint density at radius 3 is 2.81 bits per heavy atom. The van der Waals surface area contributed by atoms with Crippen LogP contribution in [-0.2, 0) is 11.2 Å². The first-order valence-electron chi connectivity index (χ1n) is 10.5. The summed E-state index contributed by atoms with van der Waals surface area (Å²) in [5, 5.41) is 5.85. The number of rotatable bonds is 3. The Labute approximate surface area is 184 Å². The Morgan fingerprint density at radius 2 is 2.03 bits per heavy atom. The van der Waals surface area contributed by atoms with E-state index in [1.54, 1.807) is 0 Å². The van der Waals surface area contributed by atoms with Crippen molar-refractivity contribution in [2.45, 2.75) is 30.2 Å². The SMILES string of the molecule is C=CC(=O)N1CC2=C(CC(n3nc(-c4ccc5c(c4)CCS5)c4c(N)ncnc43)C2)C1. The average Bonchev–Trinajstić information content (AvgIpc) is 3.53. The average molecular weight is 431 g/mol. The van der Waals surface area contributed by atoms with Crippen LogP contribution in [0.15, 0.2) is 53.2 Å². The van der Waals surface area contributed by atoms with E-state index in [1.807, 2.05) is 21.3 Å². The van der Waals surface area contributed by atoms with Crippen LogP contribution in [0.5, 0.6) is 0 Å². The smallest absolute Gasteiger partial charge is 0.246 e. The number of nitrogen functional groups attached to an aromatic ring is 1. The van der Waals surface area contributed by atoms with Gasteiger partial charge in [-0.1, -0.05) is 12.6 Å². The number of fused-ring (bicyclic) bond motifs is 2. The number of nitrogens with two attached hydrogens (primary N) is 1. The van der Waals surface area contributed by atoms with E-state index in [-0.39, 0.29) is 11.9 Å². The number of thioether (sulfide) groups is 1. The highest BCUT2D eigenvalue weighted by molar-refractivity contribution is 7.99. The van der Waals surface area contributed by atoms with E-state index in [1.165, 1.54) is 34.0 Å². The van der Waals surface area contributed by atoms with Gasteiger partial charge in [-0.3, -0.25) is 4.79 Å². The second-order valence-electron chi connectivity index (χ2n) is 8.34. The zero-order valence-corrected chi connectivity index (χ0v) is 17.9. The maximum absolute atomic E-state index is 12.0. The van der Waals surface area contributed by atoms with E-state index in [4.69, 9.17) is 10.8 Å². The monoisotopic (exact) mass is 430 g/mol. The van der Waals surface area contributed by atoms with Crippen LogP contribution in [0.1, 0.15) is 24.4 Å². The van der Waals surface area contributed by atoms with Gasteiger partial charge < -0.3 is 10.6 Å². The predicted octanol–water partition coefficient (Wildman–Crippen LogP) is 3.38. The Hall–Kier alpha value is -3.13. The minimum Gasteiger partial charge on any atom is -0.383 e. The summed E-state index contributed by atoms with van der Waals surface area (Å²) in [7, 11) is 0. The summed E-state index contributed by atoms with van der Waals surface area (Å²) >= 11 is 1.90. The van der Waals surface area contributed by atoms with Gasteiger partial charge in [0.15, 0.2) is 5.65 Å². The van der Waals surface area contributed by atoms with E-state index >= 15 is 0 Å².